The zero-order chi connectivity index (χ0) is 10.7. The fourth-order valence-electron chi connectivity index (χ4n) is 1.09. The Balaban J connectivity index is 3.00. The molecular formula is C8H13BN2O3. The van der Waals surface area contributed by atoms with Crippen molar-refractivity contribution in [3.63, 3.8) is 0 Å². The van der Waals surface area contributed by atoms with E-state index in [0.717, 1.165) is 0 Å². The minimum absolute atomic E-state index is 0.261. The molecule has 6 heteroatoms. The SMILES string of the molecule is CC[C@@H](O)c1ncc(B(O)O)c(C)n1. The van der Waals surface area contributed by atoms with Gasteiger partial charge in [0.25, 0.3) is 0 Å². The van der Waals surface area contributed by atoms with Crippen molar-refractivity contribution in [2.75, 3.05) is 0 Å². The molecule has 0 radical (unpaired) electrons. The average Bonchev–Trinajstić information content (AvgIpc) is 2.15. The summed E-state index contributed by atoms with van der Waals surface area (Å²) in [6, 6.07) is 0. The molecule has 0 spiro atoms. The summed E-state index contributed by atoms with van der Waals surface area (Å²) in [6.45, 7) is 3.46. The normalized spacial score (nSPS) is 12.6. The summed E-state index contributed by atoms with van der Waals surface area (Å²) in [7, 11) is -1.57. The Morgan fingerprint density at radius 1 is 1.50 bits per heavy atom. The van der Waals surface area contributed by atoms with Gasteiger partial charge in [-0.2, -0.15) is 0 Å². The summed E-state index contributed by atoms with van der Waals surface area (Å²) in [4.78, 5) is 7.83. The van der Waals surface area contributed by atoms with Crippen LogP contribution in [-0.2, 0) is 0 Å². The summed E-state index contributed by atoms with van der Waals surface area (Å²) in [5, 5.41) is 27.2. The largest absolute Gasteiger partial charge is 0.491 e. The van der Waals surface area contributed by atoms with Crippen molar-refractivity contribution in [3.8, 4) is 0 Å². The Morgan fingerprint density at radius 3 is 2.57 bits per heavy atom. The van der Waals surface area contributed by atoms with Gasteiger partial charge in [-0.05, 0) is 13.3 Å². The van der Waals surface area contributed by atoms with Crippen molar-refractivity contribution in [2.24, 2.45) is 0 Å². The number of aliphatic hydroxyl groups excluding tert-OH is 1. The van der Waals surface area contributed by atoms with Crippen LogP contribution in [0.15, 0.2) is 6.20 Å². The Bertz CT molecular complexity index is 319. The van der Waals surface area contributed by atoms with Gasteiger partial charge in [-0.25, -0.2) is 9.97 Å². The van der Waals surface area contributed by atoms with Crippen LogP contribution in [0.4, 0.5) is 0 Å². The van der Waals surface area contributed by atoms with E-state index in [4.69, 9.17) is 10.0 Å². The van der Waals surface area contributed by atoms with Gasteiger partial charge in [0.2, 0.25) is 0 Å². The lowest BCUT2D eigenvalue weighted by Crippen LogP contribution is -2.34. The lowest BCUT2D eigenvalue weighted by molar-refractivity contribution is 0.163. The first-order valence-electron chi connectivity index (χ1n) is 4.43. The third-order valence-corrected chi connectivity index (χ3v) is 2.00. The van der Waals surface area contributed by atoms with Gasteiger partial charge in [0, 0.05) is 17.4 Å². The second kappa shape index (κ2) is 4.50. The lowest BCUT2D eigenvalue weighted by Gasteiger charge is -2.09. The molecule has 1 atom stereocenters. The van der Waals surface area contributed by atoms with Crippen molar-refractivity contribution in [2.45, 2.75) is 26.4 Å². The molecule has 0 aliphatic heterocycles. The number of aromatic nitrogens is 2. The van der Waals surface area contributed by atoms with Crippen LogP contribution >= 0.6 is 0 Å². The average molecular weight is 196 g/mol. The monoisotopic (exact) mass is 196 g/mol. The first-order chi connectivity index (χ1) is 6.56. The molecule has 1 aromatic rings. The van der Waals surface area contributed by atoms with E-state index in [1.54, 1.807) is 6.92 Å². The number of aryl methyl sites for hydroxylation is 1. The minimum Gasteiger partial charge on any atom is -0.423 e. The Morgan fingerprint density at radius 2 is 2.14 bits per heavy atom. The van der Waals surface area contributed by atoms with Crippen molar-refractivity contribution in [1.29, 1.82) is 0 Å². The zero-order valence-corrected chi connectivity index (χ0v) is 8.18. The number of hydrogen-bond acceptors (Lipinski definition) is 5. The highest BCUT2D eigenvalue weighted by Crippen LogP contribution is 2.09. The van der Waals surface area contributed by atoms with E-state index in [1.807, 2.05) is 6.92 Å². The number of nitrogens with zero attached hydrogens (tertiary/aromatic N) is 2. The first kappa shape index (κ1) is 11.1. The van der Waals surface area contributed by atoms with Crippen LogP contribution in [-0.4, -0.2) is 32.2 Å². The Labute approximate surface area is 82.6 Å². The van der Waals surface area contributed by atoms with Crippen molar-refractivity contribution >= 4 is 12.6 Å². The van der Waals surface area contributed by atoms with Gasteiger partial charge in [0.15, 0.2) is 5.82 Å². The molecule has 0 saturated carbocycles. The van der Waals surface area contributed by atoms with Gasteiger partial charge in [-0.3, -0.25) is 0 Å². The van der Waals surface area contributed by atoms with Gasteiger partial charge < -0.3 is 15.2 Å². The van der Waals surface area contributed by atoms with Gasteiger partial charge in [-0.1, -0.05) is 6.92 Å². The lowest BCUT2D eigenvalue weighted by atomic mass is 9.80. The van der Waals surface area contributed by atoms with Crippen molar-refractivity contribution in [3.05, 3.63) is 17.7 Å². The molecule has 3 N–H and O–H groups in total. The summed E-state index contributed by atoms with van der Waals surface area (Å²) in [5.41, 5.74) is 0.731. The second-order valence-corrected chi connectivity index (χ2v) is 3.07. The molecule has 1 heterocycles. The van der Waals surface area contributed by atoms with Crippen LogP contribution in [0.3, 0.4) is 0 Å². The predicted molar refractivity (Wildman–Crippen MR) is 51.8 cm³/mol. The van der Waals surface area contributed by atoms with Crippen LogP contribution in [0.2, 0.25) is 0 Å². The summed E-state index contributed by atoms with van der Waals surface area (Å²) < 4.78 is 0. The molecule has 0 fully saturated rings. The molecule has 1 rings (SSSR count). The summed E-state index contributed by atoms with van der Waals surface area (Å²) in [5.74, 6) is 0.314. The van der Waals surface area contributed by atoms with Gasteiger partial charge >= 0.3 is 7.12 Å². The molecular weight excluding hydrogens is 183 g/mol. The van der Waals surface area contributed by atoms with Gasteiger partial charge in [-0.15, -0.1) is 0 Å². The van der Waals surface area contributed by atoms with Crippen molar-refractivity contribution < 1.29 is 15.2 Å². The zero-order valence-electron chi connectivity index (χ0n) is 8.18. The number of aliphatic hydroxyl groups is 1. The van der Waals surface area contributed by atoms with Crippen LogP contribution in [0, 0.1) is 6.92 Å². The van der Waals surface area contributed by atoms with Gasteiger partial charge in [0.1, 0.15) is 6.10 Å². The smallest absolute Gasteiger partial charge is 0.423 e. The van der Waals surface area contributed by atoms with E-state index >= 15 is 0 Å². The van der Waals surface area contributed by atoms with E-state index in [-0.39, 0.29) is 5.46 Å². The Hall–Kier alpha value is -0.975. The molecule has 0 saturated heterocycles. The van der Waals surface area contributed by atoms with Crippen LogP contribution in [0.5, 0.6) is 0 Å². The maximum absolute atomic E-state index is 9.43. The molecule has 14 heavy (non-hydrogen) atoms. The summed E-state index contributed by atoms with van der Waals surface area (Å²) >= 11 is 0. The van der Waals surface area contributed by atoms with Crippen LogP contribution in [0.1, 0.15) is 31.0 Å². The van der Waals surface area contributed by atoms with Crippen molar-refractivity contribution in [1.82, 2.24) is 9.97 Å². The molecule has 1 aromatic heterocycles. The molecule has 0 amide bonds. The summed E-state index contributed by atoms with van der Waals surface area (Å²) in [6.07, 6.45) is 1.15. The fourth-order valence-corrected chi connectivity index (χ4v) is 1.09. The standard InChI is InChI=1S/C8H13BN2O3/c1-3-7(12)8-10-4-6(9(13)14)5(2)11-8/h4,7,12-14H,3H2,1-2H3/t7-/m1/s1. The third-order valence-electron chi connectivity index (χ3n) is 2.00. The van der Waals surface area contributed by atoms with Crippen LogP contribution in [0.25, 0.3) is 0 Å². The maximum atomic E-state index is 9.43. The molecule has 0 aromatic carbocycles. The molecule has 0 aliphatic rings. The molecule has 5 nitrogen and oxygen atoms in total. The van der Waals surface area contributed by atoms with E-state index in [1.165, 1.54) is 6.20 Å². The van der Waals surface area contributed by atoms with E-state index in [9.17, 15) is 5.11 Å². The second-order valence-electron chi connectivity index (χ2n) is 3.07. The van der Waals surface area contributed by atoms with Gasteiger partial charge in [0.05, 0.1) is 0 Å². The van der Waals surface area contributed by atoms with E-state index in [0.29, 0.717) is 17.9 Å². The number of hydrogen-bond donors (Lipinski definition) is 3. The topological polar surface area (TPSA) is 86.5 Å². The number of rotatable bonds is 3. The predicted octanol–water partition coefficient (Wildman–Crippen LogP) is -1.09. The third kappa shape index (κ3) is 2.28. The molecule has 0 aliphatic carbocycles. The molecule has 0 unspecified atom stereocenters. The van der Waals surface area contributed by atoms with Crippen LogP contribution < -0.4 is 5.46 Å². The van der Waals surface area contributed by atoms with E-state index < -0.39 is 13.2 Å². The highest BCUT2D eigenvalue weighted by molar-refractivity contribution is 6.58. The Kier molecular flexibility index (Phi) is 3.57. The quantitative estimate of drug-likeness (QED) is 0.534. The molecule has 76 valence electrons. The maximum Gasteiger partial charge on any atom is 0.491 e. The first-order valence-corrected chi connectivity index (χ1v) is 4.43. The highest BCUT2D eigenvalue weighted by atomic mass is 16.4. The molecule has 0 bridgehead atoms. The van der Waals surface area contributed by atoms with E-state index in [2.05, 4.69) is 9.97 Å². The minimum atomic E-state index is -1.57. The highest BCUT2D eigenvalue weighted by Gasteiger charge is 2.17. The fraction of sp³-hybridized carbons (Fsp3) is 0.500.